The molecule has 0 spiro atoms. The molecule has 1 unspecified atom stereocenters. The molecular weight excluding hydrogens is 266 g/mol. The summed E-state index contributed by atoms with van der Waals surface area (Å²) >= 11 is 3.64. The zero-order chi connectivity index (χ0) is 12.3. The largest absolute Gasteiger partial charge is 0.342 e. The molecular formula is C13H24BrNO. The van der Waals surface area contributed by atoms with Crippen LogP contribution < -0.4 is 0 Å². The SMILES string of the molecule is CCC(C)(C)C(=O)N1CCC(C(C)Br)CC1. The van der Waals surface area contributed by atoms with Gasteiger partial charge < -0.3 is 4.90 Å². The van der Waals surface area contributed by atoms with Crippen molar-refractivity contribution in [3.63, 3.8) is 0 Å². The molecule has 0 radical (unpaired) electrons. The summed E-state index contributed by atoms with van der Waals surface area (Å²) < 4.78 is 0. The summed E-state index contributed by atoms with van der Waals surface area (Å²) in [6, 6.07) is 0. The van der Waals surface area contributed by atoms with E-state index in [0.717, 1.165) is 38.3 Å². The fraction of sp³-hybridized carbons (Fsp3) is 0.923. The van der Waals surface area contributed by atoms with Crippen LogP contribution in [0.15, 0.2) is 0 Å². The van der Waals surface area contributed by atoms with Crippen LogP contribution in [0.4, 0.5) is 0 Å². The minimum atomic E-state index is -0.188. The number of rotatable bonds is 3. The first-order chi connectivity index (χ1) is 7.38. The summed E-state index contributed by atoms with van der Waals surface area (Å²) in [4.78, 5) is 14.9. The van der Waals surface area contributed by atoms with Gasteiger partial charge >= 0.3 is 0 Å². The molecule has 0 aromatic rings. The number of nitrogens with zero attached hydrogens (tertiary/aromatic N) is 1. The molecule has 1 rings (SSSR count). The molecule has 3 heteroatoms. The van der Waals surface area contributed by atoms with Crippen LogP contribution >= 0.6 is 15.9 Å². The van der Waals surface area contributed by atoms with Crippen LogP contribution in [-0.2, 0) is 4.79 Å². The number of hydrogen-bond donors (Lipinski definition) is 0. The summed E-state index contributed by atoms with van der Waals surface area (Å²) in [7, 11) is 0. The van der Waals surface area contributed by atoms with E-state index in [4.69, 9.17) is 0 Å². The van der Waals surface area contributed by atoms with Crippen molar-refractivity contribution in [2.75, 3.05) is 13.1 Å². The van der Waals surface area contributed by atoms with Gasteiger partial charge in [0.2, 0.25) is 5.91 Å². The van der Waals surface area contributed by atoms with Gasteiger partial charge in [0.15, 0.2) is 0 Å². The average Bonchev–Trinajstić information content (AvgIpc) is 2.28. The summed E-state index contributed by atoms with van der Waals surface area (Å²) in [6.45, 7) is 10.3. The summed E-state index contributed by atoms with van der Waals surface area (Å²) in [5, 5.41) is 0. The monoisotopic (exact) mass is 289 g/mol. The Morgan fingerprint density at radius 3 is 2.31 bits per heavy atom. The van der Waals surface area contributed by atoms with Crippen molar-refractivity contribution in [3.8, 4) is 0 Å². The number of amides is 1. The van der Waals surface area contributed by atoms with E-state index >= 15 is 0 Å². The topological polar surface area (TPSA) is 20.3 Å². The van der Waals surface area contributed by atoms with Gasteiger partial charge in [0.25, 0.3) is 0 Å². The van der Waals surface area contributed by atoms with Crippen molar-refractivity contribution in [1.29, 1.82) is 0 Å². The van der Waals surface area contributed by atoms with Gasteiger partial charge in [0.1, 0.15) is 0 Å². The molecule has 0 saturated carbocycles. The third-order valence-electron chi connectivity index (χ3n) is 3.94. The predicted molar refractivity (Wildman–Crippen MR) is 71.8 cm³/mol. The number of piperidine rings is 1. The molecule has 94 valence electrons. The van der Waals surface area contributed by atoms with E-state index < -0.39 is 0 Å². The molecule has 16 heavy (non-hydrogen) atoms. The minimum absolute atomic E-state index is 0.188. The molecule has 1 heterocycles. The van der Waals surface area contributed by atoms with Crippen LogP contribution in [0.2, 0.25) is 0 Å². The molecule has 0 aromatic heterocycles. The van der Waals surface area contributed by atoms with Gasteiger partial charge in [-0.3, -0.25) is 4.79 Å². The van der Waals surface area contributed by atoms with Crippen molar-refractivity contribution >= 4 is 21.8 Å². The van der Waals surface area contributed by atoms with Gasteiger partial charge in [-0.15, -0.1) is 0 Å². The standard InChI is InChI=1S/C13H24BrNO/c1-5-13(3,4)12(16)15-8-6-11(7-9-15)10(2)14/h10-11H,5-9H2,1-4H3. The zero-order valence-corrected chi connectivity index (χ0v) is 12.5. The van der Waals surface area contributed by atoms with E-state index in [1.807, 2.05) is 0 Å². The van der Waals surface area contributed by atoms with Crippen molar-refractivity contribution in [2.24, 2.45) is 11.3 Å². The lowest BCUT2D eigenvalue weighted by molar-refractivity contribution is -0.142. The van der Waals surface area contributed by atoms with E-state index in [0.29, 0.717) is 10.7 Å². The molecule has 0 aromatic carbocycles. The first-order valence-corrected chi connectivity index (χ1v) is 7.23. The highest BCUT2D eigenvalue weighted by Crippen LogP contribution is 2.29. The highest BCUT2D eigenvalue weighted by atomic mass is 79.9. The van der Waals surface area contributed by atoms with E-state index in [1.165, 1.54) is 0 Å². The molecule has 0 aliphatic carbocycles. The highest BCUT2D eigenvalue weighted by molar-refractivity contribution is 9.09. The number of alkyl halides is 1. The predicted octanol–water partition coefficient (Wildman–Crippen LogP) is 3.44. The maximum absolute atomic E-state index is 12.2. The fourth-order valence-electron chi connectivity index (χ4n) is 2.14. The third kappa shape index (κ3) is 3.22. The van der Waals surface area contributed by atoms with Crippen LogP contribution in [0.3, 0.4) is 0 Å². The Labute approximate surface area is 108 Å². The first kappa shape index (κ1) is 14.0. The summed E-state index contributed by atoms with van der Waals surface area (Å²) in [6.07, 6.45) is 3.19. The summed E-state index contributed by atoms with van der Waals surface area (Å²) in [5.74, 6) is 1.06. The van der Waals surface area contributed by atoms with E-state index in [-0.39, 0.29) is 5.41 Å². The normalized spacial score (nSPS) is 20.9. The first-order valence-electron chi connectivity index (χ1n) is 6.32. The highest BCUT2D eigenvalue weighted by Gasteiger charge is 2.33. The lowest BCUT2D eigenvalue weighted by atomic mass is 9.86. The van der Waals surface area contributed by atoms with Crippen molar-refractivity contribution in [3.05, 3.63) is 0 Å². The summed E-state index contributed by atoms with van der Waals surface area (Å²) in [5.41, 5.74) is -0.188. The number of carbonyl (C=O) groups is 1. The molecule has 1 atom stereocenters. The number of hydrogen-bond acceptors (Lipinski definition) is 1. The minimum Gasteiger partial charge on any atom is -0.342 e. The van der Waals surface area contributed by atoms with Crippen LogP contribution in [-0.4, -0.2) is 28.7 Å². The third-order valence-corrected chi connectivity index (χ3v) is 4.69. The molecule has 1 aliphatic rings. The Morgan fingerprint density at radius 1 is 1.44 bits per heavy atom. The molecule has 2 nitrogen and oxygen atoms in total. The Bertz CT molecular complexity index is 242. The van der Waals surface area contributed by atoms with Crippen LogP contribution in [0, 0.1) is 11.3 Å². The van der Waals surface area contributed by atoms with Crippen molar-refractivity contribution in [1.82, 2.24) is 4.90 Å². The lowest BCUT2D eigenvalue weighted by Gasteiger charge is -2.37. The van der Waals surface area contributed by atoms with Crippen molar-refractivity contribution in [2.45, 2.75) is 51.8 Å². The van der Waals surface area contributed by atoms with E-state index in [2.05, 4.69) is 48.5 Å². The second-order valence-electron chi connectivity index (χ2n) is 5.54. The van der Waals surface area contributed by atoms with Gasteiger partial charge in [0.05, 0.1) is 0 Å². The van der Waals surface area contributed by atoms with E-state index in [1.54, 1.807) is 0 Å². The number of likely N-dealkylation sites (tertiary alicyclic amines) is 1. The molecule has 0 N–H and O–H groups in total. The number of carbonyl (C=O) groups excluding carboxylic acids is 1. The zero-order valence-electron chi connectivity index (χ0n) is 10.9. The Kier molecular flexibility index (Phi) is 4.84. The van der Waals surface area contributed by atoms with Gasteiger partial charge in [-0.25, -0.2) is 0 Å². The maximum Gasteiger partial charge on any atom is 0.228 e. The van der Waals surface area contributed by atoms with Crippen LogP contribution in [0.1, 0.15) is 47.0 Å². The maximum atomic E-state index is 12.2. The van der Waals surface area contributed by atoms with Crippen LogP contribution in [0.25, 0.3) is 0 Å². The Hall–Kier alpha value is -0.0500. The molecule has 0 bridgehead atoms. The molecule has 1 amide bonds. The Morgan fingerprint density at radius 2 is 1.94 bits per heavy atom. The second-order valence-corrected chi connectivity index (χ2v) is 6.99. The molecule has 1 saturated heterocycles. The lowest BCUT2D eigenvalue weighted by Crippen LogP contribution is -2.45. The second kappa shape index (κ2) is 5.52. The van der Waals surface area contributed by atoms with Gasteiger partial charge in [0, 0.05) is 23.3 Å². The fourth-order valence-corrected chi connectivity index (χ4v) is 2.67. The van der Waals surface area contributed by atoms with Gasteiger partial charge in [-0.1, -0.05) is 43.6 Å². The number of halogens is 1. The van der Waals surface area contributed by atoms with Gasteiger partial charge in [-0.05, 0) is 25.2 Å². The molecule has 1 aliphatic heterocycles. The quantitative estimate of drug-likeness (QED) is 0.729. The van der Waals surface area contributed by atoms with Gasteiger partial charge in [-0.2, -0.15) is 0 Å². The van der Waals surface area contributed by atoms with E-state index in [9.17, 15) is 4.79 Å². The smallest absolute Gasteiger partial charge is 0.228 e. The van der Waals surface area contributed by atoms with Crippen LogP contribution in [0.5, 0.6) is 0 Å². The van der Waals surface area contributed by atoms with Crippen molar-refractivity contribution < 1.29 is 4.79 Å². The Balaban J connectivity index is 2.51. The average molecular weight is 290 g/mol. The molecule has 1 fully saturated rings.